The van der Waals surface area contributed by atoms with Crippen LogP contribution < -0.4 is 0 Å². The minimum Gasteiger partial charge on any atom is -0.210 e. The van der Waals surface area contributed by atoms with E-state index in [4.69, 9.17) is 11.6 Å². The second-order valence-electron chi connectivity index (χ2n) is 3.20. The molecule has 15 heavy (non-hydrogen) atoms. The summed E-state index contributed by atoms with van der Waals surface area (Å²) in [5.74, 6) is 0. The molecule has 2 heterocycles. The Morgan fingerprint density at radius 2 is 2.20 bits per heavy atom. The van der Waals surface area contributed by atoms with Gasteiger partial charge in [-0.05, 0) is 18.9 Å². The lowest BCUT2D eigenvalue weighted by atomic mass is 10.3. The Morgan fingerprint density at radius 3 is 2.73 bits per heavy atom. The van der Waals surface area contributed by atoms with E-state index in [1.807, 2.05) is 10.1 Å². The van der Waals surface area contributed by atoms with Crippen molar-refractivity contribution < 1.29 is 0 Å². The predicted octanol–water partition coefficient (Wildman–Crippen LogP) is 3.11. The van der Waals surface area contributed by atoms with Crippen LogP contribution in [0.3, 0.4) is 0 Å². The molecule has 0 radical (unpaired) electrons. The first-order chi connectivity index (χ1) is 7.24. The van der Waals surface area contributed by atoms with Crippen LogP contribution in [-0.4, -0.2) is 14.8 Å². The third-order valence-corrected chi connectivity index (χ3v) is 3.34. The molecule has 0 saturated heterocycles. The molecule has 2 aromatic rings. The molecule has 0 aliphatic carbocycles. The van der Waals surface area contributed by atoms with Crippen molar-refractivity contribution in [3.05, 3.63) is 28.0 Å². The third kappa shape index (κ3) is 2.06. The molecule has 0 saturated carbocycles. The Labute approximate surface area is 97.7 Å². The number of aromatic nitrogens is 3. The molecule has 0 aliphatic rings. The fraction of sp³-hybridized carbons (Fsp3) is 0.400. The first-order valence-corrected chi connectivity index (χ1v) is 6.19. The van der Waals surface area contributed by atoms with Crippen molar-refractivity contribution in [2.45, 2.75) is 26.7 Å². The lowest BCUT2D eigenvalue weighted by Crippen LogP contribution is -2.00. The van der Waals surface area contributed by atoms with Crippen molar-refractivity contribution in [1.82, 2.24) is 14.8 Å². The van der Waals surface area contributed by atoms with Gasteiger partial charge >= 0.3 is 0 Å². The largest absolute Gasteiger partial charge is 0.211 e. The Morgan fingerprint density at radius 1 is 1.40 bits per heavy atom. The summed E-state index contributed by atoms with van der Waals surface area (Å²) in [5, 5.41) is 7.69. The highest BCUT2D eigenvalue weighted by atomic mass is 35.5. The molecule has 0 aromatic carbocycles. The molecular weight excluding hydrogens is 230 g/mol. The van der Waals surface area contributed by atoms with Crippen LogP contribution in [0.4, 0.5) is 0 Å². The number of thiazole rings is 1. The van der Waals surface area contributed by atoms with Gasteiger partial charge < -0.3 is 0 Å². The highest BCUT2D eigenvalue weighted by molar-refractivity contribution is 7.12. The van der Waals surface area contributed by atoms with Crippen molar-refractivity contribution in [3.63, 3.8) is 0 Å². The first kappa shape index (κ1) is 10.6. The Balaban J connectivity index is 2.46. The van der Waals surface area contributed by atoms with Crippen LogP contribution in [-0.2, 0) is 12.8 Å². The summed E-state index contributed by atoms with van der Waals surface area (Å²) >= 11 is 7.32. The van der Waals surface area contributed by atoms with Gasteiger partial charge in [0.2, 0.25) is 5.13 Å². The fourth-order valence-corrected chi connectivity index (χ4v) is 2.34. The Kier molecular flexibility index (Phi) is 3.07. The van der Waals surface area contributed by atoms with Crippen molar-refractivity contribution in [2.75, 3.05) is 0 Å². The molecular formula is C10H12ClN3S. The molecule has 3 nitrogen and oxygen atoms in total. The average molecular weight is 242 g/mol. The van der Waals surface area contributed by atoms with Crippen molar-refractivity contribution >= 4 is 22.9 Å². The topological polar surface area (TPSA) is 30.7 Å². The molecule has 0 aliphatic heterocycles. The molecule has 5 heteroatoms. The van der Waals surface area contributed by atoms with Crippen LogP contribution in [0.25, 0.3) is 5.13 Å². The zero-order chi connectivity index (χ0) is 10.8. The fourth-order valence-electron chi connectivity index (χ4n) is 1.41. The molecule has 80 valence electrons. The molecule has 0 bridgehead atoms. The van der Waals surface area contributed by atoms with Gasteiger partial charge in [0.05, 0.1) is 5.69 Å². The third-order valence-electron chi connectivity index (χ3n) is 2.20. The van der Waals surface area contributed by atoms with E-state index in [1.165, 1.54) is 17.0 Å². The zero-order valence-corrected chi connectivity index (χ0v) is 10.3. The summed E-state index contributed by atoms with van der Waals surface area (Å²) in [7, 11) is 0. The van der Waals surface area contributed by atoms with E-state index in [0.29, 0.717) is 5.15 Å². The molecule has 0 amide bonds. The number of rotatable bonds is 3. The van der Waals surface area contributed by atoms with E-state index in [2.05, 4.69) is 30.0 Å². The van der Waals surface area contributed by atoms with E-state index in [1.54, 1.807) is 0 Å². The summed E-state index contributed by atoms with van der Waals surface area (Å²) in [6.07, 6.45) is 1.89. The first-order valence-electron chi connectivity index (χ1n) is 4.93. The number of nitrogens with zero attached hydrogens (tertiary/aromatic N) is 3. The maximum absolute atomic E-state index is 5.80. The average Bonchev–Trinajstić information content (AvgIpc) is 2.82. The van der Waals surface area contributed by atoms with Crippen LogP contribution >= 0.6 is 22.9 Å². The van der Waals surface area contributed by atoms with Gasteiger partial charge in [-0.1, -0.05) is 25.4 Å². The lowest BCUT2D eigenvalue weighted by molar-refractivity contribution is 0.788. The van der Waals surface area contributed by atoms with Gasteiger partial charge in [0.25, 0.3) is 0 Å². The molecule has 0 unspecified atom stereocenters. The highest BCUT2D eigenvalue weighted by Gasteiger charge is 2.10. The maximum atomic E-state index is 5.80. The van der Waals surface area contributed by atoms with Crippen molar-refractivity contribution in [3.8, 4) is 5.13 Å². The number of halogens is 1. The number of hydrogen-bond acceptors (Lipinski definition) is 3. The maximum Gasteiger partial charge on any atom is 0.211 e. The molecule has 0 fully saturated rings. The van der Waals surface area contributed by atoms with Crippen LogP contribution in [0.5, 0.6) is 0 Å². The van der Waals surface area contributed by atoms with Gasteiger partial charge in [-0.15, -0.1) is 11.3 Å². The van der Waals surface area contributed by atoms with E-state index in [0.717, 1.165) is 23.7 Å². The summed E-state index contributed by atoms with van der Waals surface area (Å²) in [6, 6.07) is 2.12. The lowest BCUT2D eigenvalue weighted by Gasteiger charge is -1.99. The molecule has 0 N–H and O–H groups in total. The zero-order valence-electron chi connectivity index (χ0n) is 8.70. The predicted molar refractivity (Wildman–Crippen MR) is 63.0 cm³/mol. The van der Waals surface area contributed by atoms with Gasteiger partial charge in [-0.25, -0.2) is 9.67 Å². The van der Waals surface area contributed by atoms with E-state index >= 15 is 0 Å². The van der Waals surface area contributed by atoms with Crippen LogP contribution in [0.15, 0.2) is 11.4 Å². The second-order valence-corrected chi connectivity index (χ2v) is 4.42. The van der Waals surface area contributed by atoms with E-state index in [9.17, 15) is 0 Å². The SMILES string of the molecule is CCc1cc(CC)n(-c2nc(Cl)cs2)n1. The molecule has 0 spiro atoms. The monoisotopic (exact) mass is 241 g/mol. The van der Waals surface area contributed by atoms with Crippen LogP contribution in [0.2, 0.25) is 5.15 Å². The summed E-state index contributed by atoms with van der Waals surface area (Å²) in [4.78, 5) is 4.22. The van der Waals surface area contributed by atoms with Gasteiger partial charge in [-0.3, -0.25) is 0 Å². The van der Waals surface area contributed by atoms with E-state index < -0.39 is 0 Å². The van der Waals surface area contributed by atoms with E-state index in [-0.39, 0.29) is 0 Å². The number of hydrogen-bond donors (Lipinski definition) is 0. The molecule has 2 aromatic heterocycles. The summed E-state index contributed by atoms with van der Waals surface area (Å²) < 4.78 is 1.88. The summed E-state index contributed by atoms with van der Waals surface area (Å²) in [5.41, 5.74) is 2.27. The number of aryl methyl sites for hydroxylation is 2. The van der Waals surface area contributed by atoms with Crippen LogP contribution in [0, 0.1) is 0 Å². The van der Waals surface area contributed by atoms with Gasteiger partial charge in [0.1, 0.15) is 5.15 Å². The Hall–Kier alpha value is -0.870. The second kappa shape index (κ2) is 4.33. The highest BCUT2D eigenvalue weighted by Crippen LogP contribution is 2.20. The summed E-state index contributed by atoms with van der Waals surface area (Å²) in [6.45, 7) is 4.21. The van der Waals surface area contributed by atoms with Gasteiger partial charge in [0.15, 0.2) is 0 Å². The minimum atomic E-state index is 0.533. The molecule has 2 rings (SSSR count). The normalized spacial score (nSPS) is 10.9. The quantitative estimate of drug-likeness (QED) is 0.827. The minimum absolute atomic E-state index is 0.533. The van der Waals surface area contributed by atoms with Crippen molar-refractivity contribution in [2.24, 2.45) is 0 Å². The van der Waals surface area contributed by atoms with Gasteiger partial charge in [-0.2, -0.15) is 5.10 Å². The Bertz CT molecular complexity index is 461. The molecule has 0 atom stereocenters. The van der Waals surface area contributed by atoms with Crippen molar-refractivity contribution in [1.29, 1.82) is 0 Å². The standard InChI is InChI=1S/C10H12ClN3S/c1-3-7-5-8(4-2)14(13-7)10-12-9(11)6-15-10/h5-6H,3-4H2,1-2H3. The smallest absolute Gasteiger partial charge is 0.210 e. The van der Waals surface area contributed by atoms with Gasteiger partial charge in [0, 0.05) is 11.1 Å². The van der Waals surface area contributed by atoms with Crippen LogP contribution in [0.1, 0.15) is 25.2 Å².